The van der Waals surface area contributed by atoms with Crippen LogP contribution in [-0.2, 0) is 4.79 Å². The maximum Gasteiger partial charge on any atom is 0.253 e. The number of nitrogens with zero attached hydrogens (tertiary/aromatic N) is 2. The molecule has 1 aliphatic rings. The van der Waals surface area contributed by atoms with Crippen molar-refractivity contribution < 1.29 is 4.79 Å². The number of carbonyl (C=O) groups excluding carboxylic acids is 1. The Morgan fingerprint density at radius 3 is 2.29 bits per heavy atom. The minimum absolute atomic E-state index is 0. The number of anilines is 1. The fourth-order valence-electron chi connectivity index (χ4n) is 2.55. The maximum atomic E-state index is 12.9. The zero-order chi connectivity index (χ0) is 16.4. The quantitative estimate of drug-likeness (QED) is 0.805. The van der Waals surface area contributed by atoms with E-state index in [0.717, 1.165) is 21.1 Å². The molecule has 1 unspecified atom stereocenters. The summed E-state index contributed by atoms with van der Waals surface area (Å²) in [7, 11) is 3.97. The summed E-state index contributed by atoms with van der Waals surface area (Å²) >= 11 is 1.65. The van der Waals surface area contributed by atoms with Crippen molar-refractivity contribution in [1.82, 2.24) is 4.90 Å². The van der Waals surface area contributed by atoms with E-state index in [9.17, 15) is 4.79 Å². The van der Waals surface area contributed by atoms with Crippen LogP contribution in [0.3, 0.4) is 0 Å². The van der Waals surface area contributed by atoms with E-state index in [2.05, 4.69) is 6.07 Å². The van der Waals surface area contributed by atoms with E-state index >= 15 is 0 Å². The number of fused-ring (bicyclic) bond motifs is 1. The summed E-state index contributed by atoms with van der Waals surface area (Å²) in [4.78, 5) is 18.9. The number of halogens is 1. The molecule has 0 saturated carbocycles. The molecule has 24 heavy (non-hydrogen) atoms. The molecule has 3 nitrogen and oxygen atoms in total. The molecule has 3 rings (SSSR count). The zero-order valence-corrected chi connectivity index (χ0v) is 15.6. The van der Waals surface area contributed by atoms with E-state index in [1.165, 1.54) is 0 Å². The standard InChI is InChI=1S/C19H20N2OS.ClH/c1-14(20(2)3)21-16-11-7-8-12-17(16)23-18(13-19(21)22)15-9-5-4-6-10-15;/h4-14H,1-3H3;1H. The lowest BCUT2D eigenvalue weighted by Gasteiger charge is -2.33. The van der Waals surface area contributed by atoms with Crippen molar-refractivity contribution in [3.05, 3.63) is 66.2 Å². The molecule has 1 amide bonds. The number of para-hydroxylation sites is 1. The highest BCUT2D eigenvalue weighted by Gasteiger charge is 2.28. The zero-order valence-electron chi connectivity index (χ0n) is 14.0. The van der Waals surface area contributed by atoms with Crippen molar-refractivity contribution in [3.63, 3.8) is 0 Å². The normalized spacial score (nSPS) is 15.2. The SMILES string of the molecule is CC(N(C)C)N1C(=O)C=C(c2ccccc2)Sc2ccccc21.Cl. The summed E-state index contributed by atoms with van der Waals surface area (Å²) in [6, 6.07) is 18.2. The average molecular weight is 361 g/mol. The molecule has 0 saturated heterocycles. The third kappa shape index (κ3) is 3.66. The van der Waals surface area contributed by atoms with Crippen LogP contribution < -0.4 is 4.90 Å². The van der Waals surface area contributed by atoms with Gasteiger partial charge in [-0.1, -0.05) is 54.2 Å². The van der Waals surface area contributed by atoms with E-state index in [1.54, 1.807) is 17.8 Å². The van der Waals surface area contributed by atoms with Crippen molar-refractivity contribution in [3.8, 4) is 0 Å². The molecule has 0 N–H and O–H groups in total. The molecule has 0 fully saturated rings. The Kier molecular flexibility index (Phi) is 6.10. The van der Waals surface area contributed by atoms with Gasteiger partial charge >= 0.3 is 0 Å². The van der Waals surface area contributed by atoms with Crippen molar-refractivity contribution in [2.45, 2.75) is 18.0 Å². The molecule has 2 aromatic carbocycles. The van der Waals surface area contributed by atoms with E-state index in [-0.39, 0.29) is 24.5 Å². The second-order valence-electron chi connectivity index (χ2n) is 5.75. The molecule has 0 aromatic heterocycles. The number of carbonyl (C=O) groups is 1. The van der Waals surface area contributed by atoms with Gasteiger partial charge in [0.05, 0.1) is 11.9 Å². The summed E-state index contributed by atoms with van der Waals surface area (Å²) in [5.74, 6) is 0.0162. The number of hydrogen-bond acceptors (Lipinski definition) is 3. The average Bonchev–Trinajstić information content (AvgIpc) is 2.70. The van der Waals surface area contributed by atoms with Gasteiger partial charge in [0.1, 0.15) is 0 Å². The molecule has 126 valence electrons. The van der Waals surface area contributed by atoms with Gasteiger partial charge in [0.15, 0.2) is 0 Å². The molecular formula is C19H21ClN2OS. The second kappa shape index (κ2) is 7.88. The Labute approximate surface area is 153 Å². The molecule has 5 heteroatoms. The number of rotatable bonds is 3. The monoisotopic (exact) mass is 360 g/mol. The first kappa shape index (κ1) is 18.6. The van der Waals surface area contributed by atoms with E-state index in [1.807, 2.05) is 79.3 Å². The van der Waals surface area contributed by atoms with Crippen LogP contribution in [0.25, 0.3) is 4.91 Å². The minimum Gasteiger partial charge on any atom is -0.292 e. The molecule has 0 spiro atoms. The van der Waals surface area contributed by atoms with Gasteiger partial charge in [-0.15, -0.1) is 12.4 Å². The molecule has 1 aliphatic heterocycles. The Morgan fingerprint density at radius 2 is 1.62 bits per heavy atom. The van der Waals surface area contributed by atoms with Crippen LogP contribution in [0.2, 0.25) is 0 Å². The van der Waals surface area contributed by atoms with Crippen LogP contribution >= 0.6 is 24.2 Å². The van der Waals surface area contributed by atoms with Gasteiger partial charge in [-0.25, -0.2) is 0 Å². The van der Waals surface area contributed by atoms with Gasteiger partial charge in [0.2, 0.25) is 0 Å². The number of benzene rings is 2. The first-order valence-electron chi connectivity index (χ1n) is 7.61. The molecular weight excluding hydrogens is 340 g/mol. The summed E-state index contributed by atoms with van der Waals surface area (Å²) in [5.41, 5.74) is 2.03. The fraction of sp³-hybridized carbons (Fsp3) is 0.211. The highest BCUT2D eigenvalue weighted by Crippen LogP contribution is 2.42. The summed E-state index contributed by atoms with van der Waals surface area (Å²) < 4.78 is 0. The number of amides is 1. The number of hydrogen-bond donors (Lipinski definition) is 0. The van der Waals surface area contributed by atoms with Crippen molar-refractivity contribution in [2.75, 3.05) is 19.0 Å². The second-order valence-corrected chi connectivity index (χ2v) is 6.83. The predicted octanol–water partition coefficient (Wildman–Crippen LogP) is 4.50. The summed E-state index contributed by atoms with van der Waals surface area (Å²) in [5, 5.41) is 0. The largest absolute Gasteiger partial charge is 0.292 e. The van der Waals surface area contributed by atoms with Gasteiger partial charge < -0.3 is 0 Å². The van der Waals surface area contributed by atoms with Crippen molar-refractivity contribution >= 4 is 40.7 Å². The summed E-state index contributed by atoms with van der Waals surface area (Å²) in [6.07, 6.45) is 1.73. The van der Waals surface area contributed by atoms with E-state index < -0.39 is 0 Å². The van der Waals surface area contributed by atoms with E-state index in [0.29, 0.717) is 0 Å². The predicted molar refractivity (Wildman–Crippen MR) is 105 cm³/mol. The molecule has 1 atom stereocenters. The van der Waals surface area contributed by atoms with Crippen molar-refractivity contribution in [1.29, 1.82) is 0 Å². The third-order valence-electron chi connectivity index (χ3n) is 4.02. The molecule has 0 bridgehead atoms. The first-order chi connectivity index (χ1) is 11.1. The van der Waals surface area contributed by atoms with Crippen LogP contribution in [-0.4, -0.2) is 31.1 Å². The van der Waals surface area contributed by atoms with Crippen LogP contribution in [0.5, 0.6) is 0 Å². The topological polar surface area (TPSA) is 23.6 Å². The minimum atomic E-state index is -0.0179. The molecule has 0 radical (unpaired) electrons. The molecule has 1 heterocycles. The maximum absolute atomic E-state index is 12.9. The van der Waals surface area contributed by atoms with Crippen LogP contribution in [0.4, 0.5) is 5.69 Å². The Bertz CT molecular complexity index is 746. The highest BCUT2D eigenvalue weighted by atomic mass is 35.5. The lowest BCUT2D eigenvalue weighted by molar-refractivity contribution is -0.115. The van der Waals surface area contributed by atoms with Gasteiger partial charge in [-0.2, -0.15) is 0 Å². The molecule has 0 aliphatic carbocycles. The van der Waals surface area contributed by atoms with Gasteiger partial charge in [0.25, 0.3) is 5.91 Å². The fourth-order valence-corrected chi connectivity index (χ4v) is 3.62. The Morgan fingerprint density at radius 1 is 1.00 bits per heavy atom. The summed E-state index contributed by atoms with van der Waals surface area (Å²) in [6.45, 7) is 2.04. The third-order valence-corrected chi connectivity index (χ3v) is 5.15. The smallest absolute Gasteiger partial charge is 0.253 e. The van der Waals surface area contributed by atoms with Crippen molar-refractivity contribution in [2.24, 2.45) is 0 Å². The Balaban J connectivity index is 0.00000208. The van der Waals surface area contributed by atoms with Gasteiger partial charge in [-0.05, 0) is 38.7 Å². The van der Waals surface area contributed by atoms with Gasteiger partial charge in [-0.3, -0.25) is 14.6 Å². The van der Waals surface area contributed by atoms with Crippen LogP contribution in [0.1, 0.15) is 12.5 Å². The van der Waals surface area contributed by atoms with Gasteiger partial charge in [0, 0.05) is 15.9 Å². The first-order valence-corrected chi connectivity index (χ1v) is 8.43. The Hall–Kier alpha value is -1.75. The lowest BCUT2D eigenvalue weighted by Crippen LogP contribution is -2.46. The number of thioether (sulfide) groups is 1. The van der Waals surface area contributed by atoms with Crippen LogP contribution in [0, 0.1) is 0 Å². The van der Waals surface area contributed by atoms with Crippen LogP contribution in [0.15, 0.2) is 65.6 Å². The lowest BCUT2D eigenvalue weighted by atomic mass is 10.2. The molecule has 2 aromatic rings. The highest BCUT2D eigenvalue weighted by molar-refractivity contribution is 8.08. The van der Waals surface area contributed by atoms with E-state index in [4.69, 9.17) is 0 Å².